The fourth-order valence-corrected chi connectivity index (χ4v) is 1.81. The number of carbonyl (C=O) groups is 6. The topological polar surface area (TPSA) is 195 Å². The summed E-state index contributed by atoms with van der Waals surface area (Å²) in [6, 6.07) is 0. The van der Waals surface area contributed by atoms with Gasteiger partial charge in [-0.3, -0.25) is 19.2 Å². The average Bonchev–Trinajstić information content (AvgIpc) is 2.53. The van der Waals surface area contributed by atoms with Crippen LogP contribution in [0.5, 0.6) is 0 Å². The van der Waals surface area contributed by atoms with E-state index < -0.39 is 23.8 Å². The number of carboxylic acids is 2. The summed E-state index contributed by atoms with van der Waals surface area (Å²) in [7, 11) is 0. The van der Waals surface area contributed by atoms with E-state index in [1.807, 2.05) is 0 Å². The number of Topliss-reactive ketones (excluding diaryl/α,β-unsaturated/α-hetero) is 2. The van der Waals surface area contributed by atoms with Crippen molar-refractivity contribution in [3.05, 3.63) is 23.7 Å². The van der Waals surface area contributed by atoms with E-state index >= 15 is 0 Å². The van der Waals surface area contributed by atoms with Gasteiger partial charge in [-0.15, -0.1) is 11.5 Å². The van der Waals surface area contributed by atoms with Crippen LogP contribution in [-0.4, -0.2) is 35.1 Å². The van der Waals surface area contributed by atoms with Crippen LogP contribution in [0.4, 0.5) is 0 Å². The first-order valence-corrected chi connectivity index (χ1v) is 9.58. The normalized spacial score (nSPS) is 11.8. The molecule has 0 aromatic rings. The maximum atomic E-state index is 10.4. The van der Waals surface area contributed by atoms with Gasteiger partial charge >= 0.3 is 21.7 Å². The molecule has 33 heavy (non-hydrogen) atoms. The van der Waals surface area contributed by atoms with Crippen LogP contribution in [-0.2, 0) is 50.5 Å². The molecule has 0 spiro atoms. The van der Waals surface area contributed by atoms with Crippen molar-refractivity contribution in [2.24, 2.45) is 11.8 Å². The van der Waals surface area contributed by atoms with Crippen molar-refractivity contribution >= 4 is 35.1 Å². The number of aliphatic carboxylic acids is 2. The number of allylic oxidation sites excluding steroid dienone is 4. The molecule has 0 aliphatic rings. The minimum Gasteiger partial charge on any atom is -0.876 e. The van der Waals surface area contributed by atoms with Gasteiger partial charge in [0.05, 0.1) is 23.8 Å². The molecule has 0 heterocycles. The van der Waals surface area contributed by atoms with Crippen LogP contribution in [0.3, 0.4) is 0 Å². The first kappa shape index (κ1) is 40.7. The maximum absolute atomic E-state index is 10.4. The van der Waals surface area contributed by atoms with E-state index in [2.05, 4.69) is 0 Å². The van der Waals surface area contributed by atoms with Crippen LogP contribution in [0.15, 0.2) is 23.7 Å². The molecular weight excluding hydrogens is 472 g/mol. The Balaban J connectivity index is -0.000000105. The predicted octanol–water partition coefficient (Wildman–Crippen LogP) is -1.62. The first-order chi connectivity index (χ1) is 14.4. The summed E-state index contributed by atoms with van der Waals surface area (Å²) in [6.07, 6.45) is 2.75. The minimum atomic E-state index is -1.27. The van der Waals surface area contributed by atoms with Gasteiger partial charge in [0, 0.05) is 0 Å². The molecule has 0 aliphatic carbocycles. The molecule has 2 unspecified atom stereocenters. The molecule has 0 saturated heterocycles. The number of hydrogen-bond acceptors (Lipinski definition) is 10. The van der Waals surface area contributed by atoms with Crippen molar-refractivity contribution in [1.29, 1.82) is 0 Å². The van der Waals surface area contributed by atoms with Gasteiger partial charge in [-0.1, -0.05) is 27.7 Å². The monoisotopic (exact) mass is 504 g/mol. The maximum Gasteiger partial charge on any atom is 4.00 e. The number of hydrogen-bond donors (Lipinski definition) is 0. The van der Waals surface area contributed by atoms with Crippen LogP contribution in [0.1, 0.15) is 68.2 Å². The summed E-state index contributed by atoms with van der Waals surface area (Å²) < 4.78 is 0. The van der Waals surface area contributed by atoms with E-state index in [1.165, 1.54) is 41.5 Å². The predicted molar refractivity (Wildman–Crippen MR) is 108 cm³/mol. The van der Waals surface area contributed by atoms with Crippen LogP contribution in [0, 0.1) is 11.8 Å². The summed E-state index contributed by atoms with van der Waals surface area (Å²) in [4.78, 5) is 60.8. The molecule has 2 atom stereocenters. The van der Waals surface area contributed by atoms with Crippen LogP contribution in [0.2, 0.25) is 0 Å². The molecule has 10 nitrogen and oxygen atoms in total. The molecule has 0 amide bonds. The zero-order valence-corrected chi connectivity index (χ0v) is 21.9. The Labute approximate surface area is 209 Å². The van der Waals surface area contributed by atoms with E-state index in [4.69, 9.17) is 0 Å². The first-order valence-electron chi connectivity index (χ1n) is 9.58. The van der Waals surface area contributed by atoms with Crippen LogP contribution >= 0.6 is 0 Å². The second-order valence-electron chi connectivity index (χ2n) is 6.51. The fourth-order valence-electron chi connectivity index (χ4n) is 1.81. The molecule has 0 aliphatic heterocycles. The molecule has 0 fully saturated rings. The third-order valence-electron chi connectivity index (χ3n) is 3.18. The quantitative estimate of drug-likeness (QED) is 0.160. The molecule has 11 heteroatoms. The van der Waals surface area contributed by atoms with Gasteiger partial charge in [-0.25, -0.2) is 0 Å². The SMILES string of the molecule is CC(=O)/C=C(/C)[O-].CC(=O)/C=C(/C)[O-].CCC(C(C)=O)C(=O)[O-].CCC(C(C)=O)C(=O)[O-].[Ti+4]. The van der Waals surface area contributed by atoms with E-state index in [0.29, 0.717) is 12.8 Å². The Morgan fingerprint density at radius 2 is 0.788 bits per heavy atom. The van der Waals surface area contributed by atoms with E-state index in [1.54, 1.807) is 13.8 Å². The number of carboxylic acid groups (broad SMARTS) is 2. The van der Waals surface area contributed by atoms with Crippen molar-refractivity contribution in [3.8, 4) is 0 Å². The smallest absolute Gasteiger partial charge is 0.876 e. The second kappa shape index (κ2) is 24.1. The van der Waals surface area contributed by atoms with Gasteiger partial charge < -0.3 is 30.0 Å². The number of carbonyl (C=O) groups excluding carboxylic acids is 6. The molecule has 0 aromatic heterocycles. The molecular formula is C22H32O10Ti. The summed E-state index contributed by atoms with van der Waals surface area (Å²) in [5.41, 5.74) is 0. The van der Waals surface area contributed by atoms with Gasteiger partial charge in [0.15, 0.2) is 11.6 Å². The summed E-state index contributed by atoms with van der Waals surface area (Å²) >= 11 is 0. The Morgan fingerprint density at radius 1 is 0.576 bits per heavy atom. The van der Waals surface area contributed by atoms with Gasteiger partial charge in [0.25, 0.3) is 0 Å². The molecule has 0 radical (unpaired) electrons. The molecule has 0 saturated carbocycles. The van der Waals surface area contributed by atoms with Gasteiger partial charge in [-0.2, -0.15) is 0 Å². The summed E-state index contributed by atoms with van der Waals surface area (Å²) in [6.45, 7) is 11.2. The van der Waals surface area contributed by atoms with Gasteiger partial charge in [0.2, 0.25) is 0 Å². The van der Waals surface area contributed by atoms with Crippen molar-refractivity contribution < 1.29 is 70.9 Å². The van der Waals surface area contributed by atoms with E-state index in [0.717, 1.165) is 12.2 Å². The van der Waals surface area contributed by atoms with Crippen LogP contribution in [0.25, 0.3) is 0 Å². The van der Waals surface area contributed by atoms with Gasteiger partial charge in [-0.05, 0) is 52.7 Å². The third kappa shape index (κ3) is 34.2. The van der Waals surface area contributed by atoms with Crippen molar-refractivity contribution in [2.75, 3.05) is 0 Å². The standard InChI is InChI=1S/2C6H10O3.2C5H8O2.Ti/c2*1-3-5(4(2)7)6(8)9;2*1-4(6)3-5(2)7;/h2*5H,3H2,1-2H3,(H,8,9);2*3,6H,1-2H3;/q;;;;+4/p-4/b;;2*4-3-;. The molecule has 0 aromatic carbocycles. The van der Waals surface area contributed by atoms with Crippen molar-refractivity contribution in [1.82, 2.24) is 0 Å². The van der Waals surface area contributed by atoms with Crippen LogP contribution < -0.4 is 20.4 Å². The van der Waals surface area contributed by atoms with E-state index in [9.17, 15) is 49.2 Å². The minimum absolute atomic E-state index is 0. The second-order valence-corrected chi connectivity index (χ2v) is 6.51. The third-order valence-corrected chi connectivity index (χ3v) is 3.18. The van der Waals surface area contributed by atoms with Crippen molar-refractivity contribution in [2.45, 2.75) is 68.2 Å². The largest absolute Gasteiger partial charge is 4.00 e. The van der Waals surface area contributed by atoms with E-state index in [-0.39, 0.29) is 56.4 Å². The van der Waals surface area contributed by atoms with Gasteiger partial charge in [0.1, 0.15) is 11.6 Å². The summed E-state index contributed by atoms with van der Waals surface area (Å²) in [5, 5.41) is 40.0. The molecule has 184 valence electrons. The Hall–Kier alpha value is -2.59. The molecule has 0 N–H and O–H groups in total. The number of ketones is 4. The fraction of sp³-hybridized carbons (Fsp3) is 0.545. The Bertz CT molecular complexity index is 612. The molecule has 0 bridgehead atoms. The molecule has 0 rings (SSSR count). The zero-order chi connectivity index (χ0) is 26.6. The average molecular weight is 504 g/mol. The van der Waals surface area contributed by atoms with Crippen molar-refractivity contribution in [3.63, 3.8) is 0 Å². The number of rotatable bonds is 8. The summed E-state index contributed by atoms with van der Waals surface area (Å²) in [5.74, 6) is -5.79. The Morgan fingerprint density at radius 3 is 0.788 bits per heavy atom. The Kier molecular flexibility index (Phi) is 29.7. The zero-order valence-electron chi connectivity index (χ0n) is 20.3.